The number of carbonyl (C=O) groups excluding carboxylic acids is 2. The summed E-state index contributed by atoms with van der Waals surface area (Å²) in [5.41, 5.74) is 16.3. The van der Waals surface area contributed by atoms with Gasteiger partial charge in [-0.2, -0.15) is 0 Å². The summed E-state index contributed by atoms with van der Waals surface area (Å²) in [7, 11) is 1.43. The number of aliphatic hydroxyl groups excluding tert-OH is 2. The first-order chi connectivity index (χ1) is 25.9. The van der Waals surface area contributed by atoms with Crippen LogP contribution in [0.15, 0.2) is 58.8 Å². The van der Waals surface area contributed by atoms with Gasteiger partial charge in [-0.3, -0.25) is 4.79 Å². The van der Waals surface area contributed by atoms with E-state index in [9.17, 15) is 24.9 Å². The van der Waals surface area contributed by atoms with Crippen LogP contribution in [0.25, 0.3) is 20.9 Å². The van der Waals surface area contributed by atoms with Gasteiger partial charge in [0.2, 0.25) is 0 Å². The van der Waals surface area contributed by atoms with Crippen molar-refractivity contribution in [3.63, 3.8) is 0 Å². The maximum Gasteiger partial charge on any atom is 1.00 e. The number of ether oxygens (including phenoxy) is 1. The first-order valence-electron chi connectivity index (χ1n) is 20.1. The van der Waals surface area contributed by atoms with Crippen molar-refractivity contribution in [1.29, 1.82) is 0 Å². The smallest absolute Gasteiger partial charge is 0.550 e. The Morgan fingerprint density at radius 2 is 0.839 bits per heavy atom. The summed E-state index contributed by atoms with van der Waals surface area (Å²) in [6.45, 7) is 0.337. The van der Waals surface area contributed by atoms with Gasteiger partial charge in [0.15, 0.2) is 0 Å². The summed E-state index contributed by atoms with van der Waals surface area (Å²) < 4.78 is 4.61. The van der Waals surface area contributed by atoms with Crippen molar-refractivity contribution in [3.05, 3.63) is 69.5 Å². The number of nitrogens with zero attached hydrogens (tertiary/aromatic N) is 6. The van der Waals surface area contributed by atoms with Crippen molar-refractivity contribution in [2.45, 2.75) is 194 Å². The molecule has 0 saturated heterocycles. The molecule has 56 heavy (non-hydrogen) atoms. The molecule has 0 rings (SSSR count). The number of carbonyl (C=O) groups is 2. The van der Waals surface area contributed by atoms with Gasteiger partial charge in [0.25, 0.3) is 0 Å². The zero-order valence-corrected chi connectivity index (χ0v) is 35.8. The average Bonchev–Trinajstić information content (AvgIpc) is 3.15. The number of unbranched alkanes of at least 4 members (excludes halogenated alkanes) is 16. The number of carboxylic acids is 1. The number of methoxy groups -OCH3 is 1. The van der Waals surface area contributed by atoms with Crippen LogP contribution in [0.4, 0.5) is 0 Å². The fourth-order valence-electron chi connectivity index (χ4n) is 5.27. The summed E-state index contributed by atoms with van der Waals surface area (Å²) >= 11 is 0. The second-order valence-corrected chi connectivity index (χ2v) is 13.3. The number of esters is 1. The normalized spacial score (nSPS) is 11.8. The molecule has 0 aromatic carbocycles. The van der Waals surface area contributed by atoms with Crippen LogP contribution in [0.3, 0.4) is 0 Å². The zero-order valence-electron chi connectivity index (χ0n) is 33.8. The number of aliphatic hydroxyl groups is 2. The van der Waals surface area contributed by atoms with Gasteiger partial charge in [-0.1, -0.05) is 112 Å². The van der Waals surface area contributed by atoms with E-state index < -0.39 is 18.2 Å². The summed E-state index contributed by atoms with van der Waals surface area (Å²) in [5.74, 6) is -1.09. The van der Waals surface area contributed by atoms with Crippen LogP contribution in [0, 0.1) is 0 Å². The molecule has 0 heterocycles. The van der Waals surface area contributed by atoms with Gasteiger partial charge in [-0.25, -0.2) is 0 Å². The first-order valence-corrected chi connectivity index (χ1v) is 20.1. The van der Waals surface area contributed by atoms with E-state index in [1.807, 2.05) is 0 Å². The van der Waals surface area contributed by atoms with Gasteiger partial charge in [0.1, 0.15) is 0 Å². The predicted molar refractivity (Wildman–Crippen MR) is 227 cm³/mol. The quantitative estimate of drug-likeness (QED) is 0.0120. The van der Waals surface area contributed by atoms with Crippen LogP contribution in [-0.2, 0) is 14.3 Å². The van der Waals surface area contributed by atoms with Crippen LogP contribution in [-0.4, -0.2) is 54.6 Å². The molecule has 318 valence electrons. The summed E-state index contributed by atoms with van der Waals surface area (Å²) in [6, 6.07) is 0. The number of hydrogen-bond donors (Lipinski definition) is 2. The van der Waals surface area contributed by atoms with Gasteiger partial charge in [-0.15, -0.1) is 0 Å². The Morgan fingerprint density at radius 1 is 0.554 bits per heavy atom. The number of azide groups is 2. The third-order valence-corrected chi connectivity index (χ3v) is 8.41. The van der Waals surface area contributed by atoms with Gasteiger partial charge in [0, 0.05) is 22.2 Å². The fraction of sp³-hybridized carbons (Fsp3) is 0.767. The van der Waals surface area contributed by atoms with Crippen molar-refractivity contribution in [2.75, 3.05) is 20.2 Å². The van der Waals surface area contributed by atoms with E-state index >= 15 is 0 Å². The Labute approximate surface area is 363 Å². The molecule has 2 atom stereocenters. The number of allylic oxidation sites excluding steroid dienone is 8. The standard InChI is InChI=1S/C21H37N3O3.C20H35N3O3.2CH4.Na/c1-27-21(26)18-16-14-12-10-8-6-4-2-3-5-7-9-11-13-15-17-20(25)19-23-24-22;21-23-22-18-19(24)16-14-12-10-8-6-4-2-1-3-5-7-9-11-13-15-17-20(25)26;;;/h9-12,20,25H,2-8,13-19H2,1H3;8-11,19,24H,1-7,12-18H2,(H,25,26);2*1H4;/q;;;;+1/p-1/b11-9-,12-10-;10-8-,11-9-;;;/t20-;19-;;;/m00.../s1. The van der Waals surface area contributed by atoms with Crippen molar-refractivity contribution >= 4 is 11.9 Å². The molecule has 0 aliphatic carbocycles. The minimum atomic E-state index is -0.964. The predicted octanol–water partition coefficient (Wildman–Crippen LogP) is 8.88. The Hall–Kier alpha value is -2.56. The van der Waals surface area contributed by atoms with Crippen LogP contribution in [0.5, 0.6) is 0 Å². The Bertz CT molecular complexity index is 1080. The Balaban J connectivity index is -0.000000294. The van der Waals surface area contributed by atoms with Crippen molar-refractivity contribution in [3.8, 4) is 0 Å². The van der Waals surface area contributed by atoms with Crippen molar-refractivity contribution < 1.29 is 59.2 Å². The molecule has 0 aliphatic rings. The van der Waals surface area contributed by atoms with Crippen LogP contribution in [0.2, 0.25) is 0 Å². The molecule has 0 aromatic heterocycles. The SMILES string of the molecule is C.C.COC(=O)CCC/C=C\CCCCCCC/C=C\CCC[C@H](O)CN=[N+]=[N-].[N-]=[N+]=NC[C@@H](O)CCC/C=C\CCCCCCC/C=C\CCCC(=O)[O-].[Na+]. The van der Waals surface area contributed by atoms with E-state index in [0.717, 1.165) is 70.6 Å². The number of rotatable bonds is 36. The van der Waals surface area contributed by atoms with Crippen molar-refractivity contribution in [1.82, 2.24) is 0 Å². The third kappa shape index (κ3) is 58.2. The minimum Gasteiger partial charge on any atom is -0.550 e. The van der Waals surface area contributed by atoms with E-state index in [1.54, 1.807) is 0 Å². The minimum absolute atomic E-state index is 0. The van der Waals surface area contributed by atoms with Crippen molar-refractivity contribution in [2.24, 2.45) is 10.2 Å². The molecular formula is C43H79N6NaO6. The van der Waals surface area contributed by atoms with Gasteiger partial charge >= 0.3 is 35.5 Å². The van der Waals surface area contributed by atoms with Crippen LogP contribution < -0.4 is 34.7 Å². The average molecular weight is 799 g/mol. The van der Waals surface area contributed by atoms with E-state index in [2.05, 4.69) is 73.4 Å². The molecule has 12 nitrogen and oxygen atoms in total. The third-order valence-electron chi connectivity index (χ3n) is 8.41. The molecule has 13 heteroatoms. The maximum atomic E-state index is 10.9. The first kappa shape index (κ1) is 62.6. The summed E-state index contributed by atoms with van der Waals surface area (Å²) in [4.78, 5) is 26.5. The van der Waals surface area contributed by atoms with Gasteiger partial charge in [-0.05, 0) is 133 Å². The molecule has 0 radical (unpaired) electrons. The zero-order chi connectivity index (χ0) is 39.3. The molecule has 0 amide bonds. The number of carboxylic acid groups (broad SMARTS) is 1. The largest absolute Gasteiger partial charge is 1.00 e. The number of hydrogen-bond acceptors (Lipinski definition) is 8. The molecule has 0 bridgehead atoms. The van der Waals surface area contributed by atoms with E-state index in [1.165, 1.54) is 71.3 Å². The molecule has 0 spiro atoms. The second-order valence-electron chi connectivity index (χ2n) is 13.3. The monoisotopic (exact) mass is 799 g/mol. The Kier molecular flexibility index (Phi) is 61.0. The topological polar surface area (TPSA) is 204 Å². The molecule has 2 N–H and O–H groups in total. The van der Waals surface area contributed by atoms with E-state index in [4.69, 9.17) is 11.1 Å². The number of aliphatic carboxylic acids is 1. The molecule has 0 aromatic rings. The van der Waals surface area contributed by atoms with E-state index in [0.29, 0.717) is 25.7 Å². The molecule has 0 saturated carbocycles. The van der Waals surface area contributed by atoms with Gasteiger partial charge < -0.3 is 24.9 Å². The molecule has 0 unspecified atom stereocenters. The second kappa shape index (κ2) is 54.5. The van der Waals surface area contributed by atoms with Crippen LogP contribution >= 0.6 is 0 Å². The van der Waals surface area contributed by atoms with Crippen LogP contribution in [0.1, 0.15) is 182 Å². The maximum absolute atomic E-state index is 10.9. The molecule has 0 fully saturated rings. The molecular weight excluding hydrogens is 719 g/mol. The molecule has 0 aliphatic heterocycles. The van der Waals surface area contributed by atoms with E-state index in [-0.39, 0.29) is 69.9 Å². The van der Waals surface area contributed by atoms with Gasteiger partial charge in [0.05, 0.1) is 32.4 Å². The summed E-state index contributed by atoms with van der Waals surface area (Å²) in [5, 5.41) is 36.0. The Morgan fingerprint density at radius 3 is 1.14 bits per heavy atom. The fourth-order valence-corrected chi connectivity index (χ4v) is 5.27. The summed E-state index contributed by atoms with van der Waals surface area (Å²) in [6.07, 6.45) is 42.5.